The number of hydrogen-bond donors (Lipinski definition) is 0. The molecule has 0 bridgehead atoms. The van der Waals surface area contributed by atoms with E-state index in [9.17, 15) is 8.42 Å². The van der Waals surface area contributed by atoms with Gasteiger partial charge in [0, 0.05) is 61.2 Å². The Bertz CT molecular complexity index is 1410. The summed E-state index contributed by atoms with van der Waals surface area (Å²) in [7, 11) is -1.84. The molecule has 0 N–H and O–H groups in total. The lowest BCUT2D eigenvalue weighted by Gasteiger charge is -2.28. The monoisotopic (exact) mass is 449 g/mol. The van der Waals surface area contributed by atoms with Crippen molar-refractivity contribution < 1.29 is 13.2 Å². The molecule has 164 valence electrons. The number of ether oxygens (including phenoxy) is 1. The predicted octanol–water partition coefficient (Wildman–Crippen LogP) is 3.18. The molecule has 0 aliphatic carbocycles. The summed E-state index contributed by atoms with van der Waals surface area (Å²) in [5, 5.41) is 5.09. The zero-order valence-electron chi connectivity index (χ0n) is 17.9. The first-order chi connectivity index (χ1) is 15.5. The topological polar surface area (TPSA) is 90.2 Å². The lowest BCUT2D eigenvalue weighted by Crippen LogP contribution is -2.36. The number of aromatic nitrogens is 4. The van der Waals surface area contributed by atoms with Crippen LogP contribution in [0.4, 0.5) is 0 Å². The van der Waals surface area contributed by atoms with Crippen molar-refractivity contribution in [1.29, 1.82) is 0 Å². The summed E-state index contributed by atoms with van der Waals surface area (Å²) in [5.74, 6) is 0.378. The van der Waals surface area contributed by atoms with Crippen LogP contribution in [-0.2, 0) is 30.0 Å². The van der Waals surface area contributed by atoms with Crippen molar-refractivity contribution >= 4 is 21.1 Å². The Morgan fingerprint density at radius 1 is 1.12 bits per heavy atom. The maximum Gasteiger partial charge on any atom is 0.247 e. The summed E-state index contributed by atoms with van der Waals surface area (Å²) in [5.41, 5.74) is 4.36. The summed E-state index contributed by atoms with van der Waals surface area (Å²) in [6, 6.07) is 10.8. The van der Waals surface area contributed by atoms with Gasteiger partial charge in [-0.2, -0.15) is 9.40 Å². The van der Waals surface area contributed by atoms with Crippen LogP contribution in [0.1, 0.15) is 18.2 Å². The first-order valence-electron chi connectivity index (χ1n) is 10.5. The average Bonchev–Trinajstić information content (AvgIpc) is 3.23. The highest BCUT2D eigenvalue weighted by Gasteiger charge is 2.31. The van der Waals surface area contributed by atoms with E-state index in [1.807, 2.05) is 32.3 Å². The van der Waals surface area contributed by atoms with Crippen molar-refractivity contribution in [3.8, 4) is 16.9 Å². The van der Waals surface area contributed by atoms with Crippen LogP contribution in [0.15, 0.2) is 59.9 Å². The van der Waals surface area contributed by atoms with Crippen LogP contribution in [-0.4, -0.2) is 45.6 Å². The van der Waals surface area contributed by atoms with Crippen molar-refractivity contribution in [3.05, 3.63) is 66.2 Å². The fourth-order valence-electron chi connectivity index (χ4n) is 4.01. The van der Waals surface area contributed by atoms with Crippen molar-refractivity contribution in [3.63, 3.8) is 0 Å². The van der Waals surface area contributed by atoms with Crippen LogP contribution in [0.5, 0.6) is 5.75 Å². The van der Waals surface area contributed by atoms with Gasteiger partial charge in [0.25, 0.3) is 0 Å². The molecular formula is C23H23N5O3S. The second-order valence-corrected chi connectivity index (χ2v) is 9.64. The van der Waals surface area contributed by atoms with E-state index in [2.05, 4.69) is 10.1 Å². The molecule has 0 saturated carbocycles. The van der Waals surface area contributed by atoms with Crippen molar-refractivity contribution in [1.82, 2.24) is 24.1 Å². The minimum Gasteiger partial charge on any atom is -0.492 e. The standard InChI is InChI=1S/C23H23N5O3S/c1-3-31-21-6-4-5-7-22(21)32(29,30)28-9-8-20-18(15-28)11-16-10-17(12-24-23(16)26-20)19-13-25-27(2)14-19/h4-7,10-14H,3,8-9,15H2,1-2H3. The zero-order chi connectivity index (χ0) is 22.3. The van der Waals surface area contributed by atoms with Crippen LogP contribution >= 0.6 is 0 Å². The molecule has 0 atom stereocenters. The molecule has 3 aromatic heterocycles. The molecule has 1 aromatic carbocycles. The highest BCUT2D eigenvalue weighted by molar-refractivity contribution is 7.89. The van der Waals surface area contributed by atoms with Crippen LogP contribution in [0, 0.1) is 0 Å². The van der Waals surface area contributed by atoms with E-state index in [1.54, 1.807) is 41.3 Å². The van der Waals surface area contributed by atoms with E-state index in [-0.39, 0.29) is 11.4 Å². The third-order valence-electron chi connectivity index (χ3n) is 5.59. The molecule has 9 heteroatoms. The zero-order valence-corrected chi connectivity index (χ0v) is 18.7. The Kier molecular flexibility index (Phi) is 5.15. The highest BCUT2D eigenvalue weighted by atomic mass is 32.2. The molecule has 0 spiro atoms. The number of aryl methyl sites for hydroxylation is 1. The van der Waals surface area contributed by atoms with Crippen LogP contribution in [0.3, 0.4) is 0 Å². The number of nitrogens with zero attached hydrogens (tertiary/aromatic N) is 5. The van der Waals surface area contributed by atoms with Gasteiger partial charge in [0.1, 0.15) is 10.6 Å². The molecule has 0 fully saturated rings. The third kappa shape index (κ3) is 3.63. The molecule has 0 radical (unpaired) electrons. The summed E-state index contributed by atoms with van der Waals surface area (Å²) < 4.78 is 35.6. The van der Waals surface area contributed by atoms with Gasteiger partial charge in [0.05, 0.1) is 12.8 Å². The molecule has 0 unspecified atom stereocenters. The quantitative estimate of drug-likeness (QED) is 0.465. The average molecular weight is 450 g/mol. The van der Waals surface area contributed by atoms with E-state index in [1.165, 1.54) is 4.31 Å². The van der Waals surface area contributed by atoms with Gasteiger partial charge in [0.2, 0.25) is 10.0 Å². The Labute approximate surface area is 186 Å². The van der Waals surface area contributed by atoms with E-state index < -0.39 is 10.0 Å². The van der Waals surface area contributed by atoms with Crippen LogP contribution in [0.2, 0.25) is 0 Å². The second-order valence-electron chi connectivity index (χ2n) is 7.74. The third-order valence-corrected chi connectivity index (χ3v) is 7.47. The Morgan fingerprint density at radius 3 is 2.75 bits per heavy atom. The van der Waals surface area contributed by atoms with Crippen molar-refractivity contribution in [2.75, 3.05) is 13.2 Å². The minimum atomic E-state index is -3.71. The fraction of sp³-hybridized carbons (Fsp3) is 0.261. The summed E-state index contributed by atoms with van der Waals surface area (Å²) in [6.07, 6.45) is 6.05. The van der Waals surface area contributed by atoms with Gasteiger partial charge in [-0.1, -0.05) is 12.1 Å². The smallest absolute Gasteiger partial charge is 0.247 e. The van der Waals surface area contributed by atoms with Gasteiger partial charge in [-0.3, -0.25) is 4.68 Å². The van der Waals surface area contributed by atoms with Gasteiger partial charge in [0.15, 0.2) is 5.65 Å². The Hall–Kier alpha value is -3.30. The first-order valence-corrected chi connectivity index (χ1v) is 11.9. The molecule has 0 amide bonds. The maximum absolute atomic E-state index is 13.4. The normalized spacial score (nSPS) is 14.4. The molecular weight excluding hydrogens is 426 g/mol. The second kappa shape index (κ2) is 7.99. The molecule has 32 heavy (non-hydrogen) atoms. The number of pyridine rings is 2. The van der Waals surface area contributed by atoms with Crippen LogP contribution < -0.4 is 4.74 Å². The number of benzene rings is 1. The number of para-hydroxylation sites is 1. The number of rotatable bonds is 5. The first kappa shape index (κ1) is 20.6. The summed E-state index contributed by atoms with van der Waals surface area (Å²) >= 11 is 0. The molecule has 4 heterocycles. The minimum absolute atomic E-state index is 0.194. The molecule has 1 aliphatic heterocycles. The highest BCUT2D eigenvalue weighted by Crippen LogP contribution is 2.31. The van der Waals surface area contributed by atoms with Gasteiger partial charge in [-0.25, -0.2) is 18.4 Å². The summed E-state index contributed by atoms with van der Waals surface area (Å²) in [6.45, 7) is 2.86. The lowest BCUT2D eigenvalue weighted by atomic mass is 10.0. The molecule has 8 nitrogen and oxygen atoms in total. The van der Waals surface area contributed by atoms with E-state index in [0.717, 1.165) is 27.8 Å². The largest absolute Gasteiger partial charge is 0.492 e. The van der Waals surface area contributed by atoms with Crippen LogP contribution in [0.25, 0.3) is 22.2 Å². The predicted molar refractivity (Wildman–Crippen MR) is 121 cm³/mol. The number of fused-ring (bicyclic) bond motifs is 2. The molecule has 4 aromatic rings. The Morgan fingerprint density at radius 2 is 1.97 bits per heavy atom. The van der Waals surface area contributed by atoms with Crippen molar-refractivity contribution in [2.24, 2.45) is 7.05 Å². The number of hydrogen-bond acceptors (Lipinski definition) is 6. The van der Waals surface area contributed by atoms with Crippen molar-refractivity contribution in [2.45, 2.75) is 24.8 Å². The summed E-state index contributed by atoms with van der Waals surface area (Å²) in [4.78, 5) is 9.43. The van der Waals surface area contributed by atoms with Gasteiger partial charge in [-0.15, -0.1) is 0 Å². The Balaban J connectivity index is 1.50. The molecule has 1 aliphatic rings. The lowest BCUT2D eigenvalue weighted by molar-refractivity contribution is 0.327. The van der Waals surface area contributed by atoms with Gasteiger partial charge in [-0.05, 0) is 36.8 Å². The van der Waals surface area contributed by atoms with E-state index in [4.69, 9.17) is 9.72 Å². The molecule has 0 saturated heterocycles. The SMILES string of the molecule is CCOc1ccccc1S(=O)(=O)N1CCc2nc3ncc(-c4cnn(C)c4)cc3cc2C1. The molecule has 5 rings (SSSR count). The van der Waals surface area contributed by atoms with E-state index >= 15 is 0 Å². The van der Waals surface area contributed by atoms with Gasteiger partial charge < -0.3 is 4.74 Å². The fourth-order valence-corrected chi connectivity index (χ4v) is 5.56. The maximum atomic E-state index is 13.4. The van der Waals surface area contributed by atoms with Gasteiger partial charge >= 0.3 is 0 Å². The van der Waals surface area contributed by atoms with E-state index in [0.29, 0.717) is 31.0 Å². The number of sulfonamides is 1.